The minimum absolute atomic E-state index is 0.0466. The van der Waals surface area contributed by atoms with E-state index in [1.165, 1.54) is 11.1 Å². The lowest BCUT2D eigenvalue weighted by molar-refractivity contribution is -0.129. The van der Waals surface area contributed by atoms with E-state index in [4.69, 9.17) is 0 Å². The summed E-state index contributed by atoms with van der Waals surface area (Å²) in [7, 11) is 4.08. The lowest BCUT2D eigenvalue weighted by atomic mass is 9.63. The van der Waals surface area contributed by atoms with E-state index in [2.05, 4.69) is 94.4 Å². The van der Waals surface area contributed by atoms with E-state index < -0.39 is 0 Å². The first-order chi connectivity index (χ1) is 16.1. The summed E-state index contributed by atoms with van der Waals surface area (Å²) in [5.41, 5.74) is 4.96. The zero-order chi connectivity index (χ0) is 22.8. The Bertz CT molecular complexity index is 1060. The molecule has 2 saturated heterocycles. The van der Waals surface area contributed by atoms with Crippen LogP contribution in [-0.2, 0) is 16.6 Å². The maximum absolute atomic E-state index is 13.5. The highest BCUT2D eigenvalue weighted by atomic mass is 32.2. The molecule has 4 heteroatoms. The molecule has 0 bridgehead atoms. The molecule has 3 aromatic rings. The van der Waals surface area contributed by atoms with Crippen LogP contribution in [0.25, 0.3) is 0 Å². The van der Waals surface area contributed by atoms with Crippen LogP contribution >= 0.6 is 11.8 Å². The molecule has 2 fully saturated rings. The average molecular weight is 457 g/mol. The van der Waals surface area contributed by atoms with Crippen LogP contribution in [-0.4, -0.2) is 49.0 Å². The molecule has 0 radical (unpaired) electrons. The summed E-state index contributed by atoms with van der Waals surface area (Å²) in [5, 5.41) is 0.465. The summed E-state index contributed by atoms with van der Waals surface area (Å²) >= 11 is 2.06. The topological polar surface area (TPSA) is 23.6 Å². The fraction of sp³-hybridized carbons (Fsp3) is 0.345. The molecule has 0 N–H and O–H groups in total. The maximum atomic E-state index is 13.5. The Morgan fingerprint density at radius 2 is 1.52 bits per heavy atom. The molecule has 3 nitrogen and oxygen atoms in total. The van der Waals surface area contributed by atoms with Gasteiger partial charge in [0, 0.05) is 49.5 Å². The Morgan fingerprint density at radius 1 is 0.909 bits per heavy atom. The highest BCUT2D eigenvalue weighted by Crippen LogP contribution is 2.53. The lowest BCUT2D eigenvalue weighted by Gasteiger charge is -2.46. The number of hydrogen-bond acceptors (Lipinski definition) is 3. The summed E-state index contributed by atoms with van der Waals surface area (Å²) in [6, 6.07) is 30.3. The number of likely N-dealkylation sites (tertiary alicyclic amines) is 1. The number of amides is 1. The number of hydrogen-bond donors (Lipinski definition) is 0. The second-order valence-corrected chi connectivity index (χ2v) is 10.8. The van der Waals surface area contributed by atoms with Crippen molar-refractivity contribution >= 4 is 23.4 Å². The molecule has 2 atom stereocenters. The number of rotatable bonds is 5. The summed E-state index contributed by atoms with van der Waals surface area (Å²) in [6.45, 7) is 1.67. The smallest absolute Gasteiger partial charge is 0.227 e. The molecule has 0 aliphatic carbocycles. The van der Waals surface area contributed by atoms with Crippen LogP contribution < -0.4 is 4.90 Å². The highest BCUT2D eigenvalue weighted by Gasteiger charge is 2.52. The summed E-state index contributed by atoms with van der Waals surface area (Å²) in [6.07, 6.45) is 1.57. The first-order valence-corrected chi connectivity index (χ1v) is 12.9. The van der Waals surface area contributed by atoms with Crippen molar-refractivity contribution in [3.63, 3.8) is 0 Å². The van der Waals surface area contributed by atoms with Gasteiger partial charge >= 0.3 is 0 Å². The predicted octanol–water partition coefficient (Wildman–Crippen LogP) is 5.25. The van der Waals surface area contributed by atoms with Gasteiger partial charge in [0.25, 0.3) is 0 Å². The summed E-state index contributed by atoms with van der Waals surface area (Å²) in [4.78, 5) is 17.8. The van der Waals surface area contributed by atoms with Crippen LogP contribution in [0.15, 0.2) is 84.9 Å². The van der Waals surface area contributed by atoms with Crippen LogP contribution in [0.4, 0.5) is 5.69 Å². The zero-order valence-corrected chi connectivity index (χ0v) is 20.3. The second kappa shape index (κ2) is 9.26. The van der Waals surface area contributed by atoms with Crippen LogP contribution in [0.5, 0.6) is 0 Å². The molecule has 170 valence electrons. The van der Waals surface area contributed by atoms with Gasteiger partial charge in [-0.15, -0.1) is 0 Å². The van der Waals surface area contributed by atoms with Gasteiger partial charge in [0.1, 0.15) is 0 Å². The van der Waals surface area contributed by atoms with Crippen LogP contribution in [0.1, 0.15) is 23.1 Å². The third kappa shape index (κ3) is 4.06. The van der Waals surface area contributed by atoms with E-state index >= 15 is 0 Å². The fourth-order valence-corrected chi connectivity index (χ4v) is 7.48. The van der Waals surface area contributed by atoms with Gasteiger partial charge in [0.2, 0.25) is 5.91 Å². The van der Waals surface area contributed by atoms with Crippen LogP contribution in [0.2, 0.25) is 0 Å². The van der Waals surface area contributed by atoms with Gasteiger partial charge in [-0.3, -0.25) is 4.79 Å². The van der Waals surface area contributed by atoms with Gasteiger partial charge in [0.05, 0.1) is 6.42 Å². The molecule has 0 unspecified atom stereocenters. The van der Waals surface area contributed by atoms with Crippen molar-refractivity contribution < 1.29 is 4.79 Å². The number of carbonyl (C=O) groups excluding carboxylic acids is 1. The highest BCUT2D eigenvalue weighted by molar-refractivity contribution is 8.00. The molecule has 2 aliphatic heterocycles. The minimum atomic E-state index is -0.0466. The first kappa shape index (κ1) is 22.1. The number of benzene rings is 3. The van der Waals surface area contributed by atoms with Gasteiger partial charge < -0.3 is 9.80 Å². The van der Waals surface area contributed by atoms with Gasteiger partial charge in [-0.05, 0) is 34.9 Å². The molecule has 2 aliphatic rings. The normalized spacial score (nSPS) is 21.5. The third-order valence-electron chi connectivity index (χ3n) is 7.47. The first-order valence-electron chi connectivity index (χ1n) is 11.9. The number of fused-ring (bicyclic) bond motifs is 1. The minimum Gasteiger partial charge on any atom is -0.377 e. The van der Waals surface area contributed by atoms with Crippen molar-refractivity contribution in [2.75, 3.05) is 37.8 Å². The molecule has 3 aromatic carbocycles. The molecular formula is C29H32N2OS. The largest absolute Gasteiger partial charge is 0.377 e. The molecule has 33 heavy (non-hydrogen) atoms. The zero-order valence-electron chi connectivity index (χ0n) is 19.5. The number of anilines is 1. The molecule has 2 heterocycles. The number of thioether (sulfide) groups is 1. The number of nitrogens with zero attached hydrogens (tertiary/aromatic N) is 2. The van der Waals surface area contributed by atoms with E-state index in [-0.39, 0.29) is 11.3 Å². The molecule has 0 spiro atoms. The molecule has 5 rings (SSSR count). The molecular weight excluding hydrogens is 424 g/mol. The predicted molar refractivity (Wildman–Crippen MR) is 139 cm³/mol. The Labute approximate surface area is 201 Å². The van der Waals surface area contributed by atoms with E-state index in [9.17, 15) is 4.79 Å². The van der Waals surface area contributed by atoms with E-state index in [0.717, 1.165) is 36.5 Å². The van der Waals surface area contributed by atoms with Crippen LogP contribution in [0, 0.1) is 5.92 Å². The van der Waals surface area contributed by atoms with E-state index in [0.29, 0.717) is 17.6 Å². The van der Waals surface area contributed by atoms with Crippen molar-refractivity contribution in [3.05, 3.63) is 102 Å². The second-order valence-electron chi connectivity index (χ2n) is 9.47. The Kier molecular flexibility index (Phi) is 6.20. The van der Waals surface area contributed by atoms with Crippen molar-refractivity contribution in [1.82, 2.24) is 4.90 Å². The summed E-state index contributed by atoms with van der Waals surface area (Å²) < 4.78 is 0. The van der Waals surface area contributed by atoms with Gasteiger partial charge in [-0.1, -0.05) is 78.9 Å². The standard InChI is InChI=1S/C29H32N2OS/c1-30(2)26-16-10-9-11-22(26)19-28(32)31-20-25-27(21-31)33-18-17-29(25,23-12-5-3-6-13-23)24-14-7-4-8-15-24/h3-16,25,27H,17-21H2,1-2H3/t25-,27+/m0/s1. The lowest BCUT2D eigenvalue weighted by Crippen LogP contribution is -2.45. The Hall–Kier alpha value is -2.72. The number of para-hydroxylation sites is 1. The molecule has 1 amide bonds. The SMILES string of the molecule is CN(C)c1ccccc1CC(=O)N1C[C@H]2SCCC(c3ccccc3)(c3ccccc3)[C@H]2C1. The molecule has 0 saturated carbocycles. The number of carbonyl (C=O) groups is 1. The van der Waals surface area contributed by atoms with Gasteiger partial charge in [-0.2, -0.15) is 11.8 Å². The average Bonchev–Trinajstić information content (AvgIpc) is 3.30. The van der Waals surface area contributed by atoms with Crippen LogP contribution in [0.3, 0.4) is 0 Å². The molecule has 0 aromatic heterocycles. The third-order valence-corrected chi connectivity index (χ3v) is 8.82. The fourth-order valence-electron chi connectivity index (χ4n) is 5.90. The van der Waals surface area contributed by atoms with Crippen molar-refractivity contribution in [1.29, 1.82) is 0 Å². The van der Waals surface area contributed by atoms with Crippen molar-refractivity contribution in [2.24, 2.45) is 5.92 Å². The van der Waals surface area contributed by atoms with E-state index in [1.54, 1.807) is 0 Å². The van der Waals surface area contributed by atoms with Gasteiger partial charge in [-0.25, -0.2) is 0 Å². The quantitative estimate of drug-likeness (QED) is 0.524. The maximum Gasteiger partial charge on any atom is 0.227 e. The monoisotopic (exact) mass is 456 g/mol. The van der Waals surface area contributed by atoms with Crippen molar-refractivity contribution in [2.45, 2.75) is 23.5 Å². The van der Waals surface area contributed by atoms with Crippen molar-refractivity contribution in [3.8, 4) is 0 Å². The van der Waals surface area contributed by atoms with Gasteiger partial charge in [0.15, 0.2) is 0 Å². The van der Waals surface area contributed by atoms with E-state index in [1.807, 2.05) is 26.2 Å². The Balaban J connectivity index is 1.46. The Morgan fingerprint density at radius 3 is 2.15 bits per heavy atom. The summed E-state index contributed by atoms with van der Waals surface area (Å²) in [5.74, 6) is 1.78.